The number of ether oxygens (including phenoxy) is 2. The molecule has 1 aromatic rings. The lowest BCUT2D eigenvalue weighted by Crippen LogP contribution is -2.11. The Bertz CT molecular complexity index is 415. The van der Waals surface area contributed by atoms with E-state index in [4.69, 9.17) is 9.47 Å². The van der Waals surface area contributed by atoms with Gasteiger partial charge in [0.2, 0.25) is 0 Å². The monoisotopic (exact) mass is 260 g/mol. The zero-order valence-electron chi connectivity index (χ0n) is 12.2. The molecule has 0 aromatic heterocycles. The van der Waals surface area contributed by atoms with Crippen molar-refractivity contribution in [2.45, 2.75) is 39.5 Å². The molecule has 0 saturated carbocycles. The number of rotatable bonds is 7. The van der Waals surface area contributed by atoms with Gasteiger partial charge in [0.25, 0.3) is 0 Å². The molecular formula is C17H24O2. The van der Waals surface area contributed by atoms with Crippen LogP contribution in [0.4, 0.5) is 0 Å². The zero-order valence-corrected chi connectivity index (χ0v) is 12.2. The van der Waals surface area contributed by atoms with Crippen LogP contribution in [0.25, 0.3) is 0 Å². The first-order chi connectivity index (χ1) is 9.30. The number of hydrogen-bond acceptors (Lipinski definition) is 2. The highest BCUT2D eigenvalue weighted by Crippen LogP contribution is 2.17. The quantitative estimate of drug-likeness (QED) is 0.683. The summed E-state index contributed by atoms with van der Waals surface area (Å²) in [6.07, 6.45) is 7.53. The Balaban J connectivity index is 2.52. The lowest BCUT2D eigenvalue weighted by Gasteiger charge is -2.15. The van der Waals surface area contributed by atoms with Crippen LogP contribution < -0.4 is 4.74 Å². The van der Waals surface area contributed by atoms with Gasteiger partial charge in [-0.1, -0.05) is 39.2 Å². The minimum atomic E-state index is 0.647. The molecule has 0 aliphatic heterocycles. The Kier molecular flexibility index (Phi) is 7.58. The molecule has 0 bridgehead atoms. The van der Waals surface area contributed by atoms with Gasteiger partial charge in [-0.05, 0) is 36.5 Å². The van der Waals surface area contributed by atoms with Gasteiger partial charge in [0.1, 0.15) is 11.9 Å². The Morgan fingerprint density at radius 1 is 1.26 bits per heavy atom. The summed E-state index contributed by atoms with van der Waals surface area (Å²) in [5.41, 5.74) is 0.918. The van der Waals surface area contributed by atoms with E-state index in [1.165, 1.54) is 25.7 Å². The molecule has 0 spiro atoms. The van der Waals surface area contributed by atoms with E-state index < -0.39 is 0 Å². The van der Waals surface area contributed by atoms with E-state index in [1.54, 1.807) is 7.11 Å². The van der Waals surface area contributed by atoms with E-state index in [0.717, 1.165) is 17.9 Å². The van der Waals surface area contributed by atoms with Crippen molar-refractivity contribution in [3.8, 4) is 17.8 Å². The standard InChI is InChI=1S/C17H24O2/c1-4-6-8-15(5-2)14-19-17-10-7-9-16(13-17)11-12-18-3/h7,9-10,13,15H,4-6,8,14H2,1-3H3. The molecule has 0 N–H and O–H groups in total. The molecule has 1 atom stereocenters. The summed E-state index contributed by atoms with van der Waals surface area (Å²) in [6.45, 7) is 5.24. The first kappa shape index (κ1) is 15.4. The smallest absolute Gasteiger partial charge is 0.120 e. The third-order valence-corrected chi connectivity index (χ3v) is 3.16. The van der Waals surface area contributed by atoms with Crippen molar-refractivity contribution in [1.29, 1.82) is 0 Å². The predicted octanol–water partition coefficient (Wildman–Crippen LogP) is 4.24. The lowest BCUT2D eigenvalue weighted by atomic mass is 10.0. The van der Waals surface area contributed by atoms with Gasteiger partial charge in [-0.2, -0.15) is 0 Å². The summed E-state index contributed by atoms with van der Waals surface area (Å²) in [4.78, 5) is 0. The molecule has 1 aromatic carbocycles. The normalized spacial score (nSPS) is 11.3. The van der Waals surface area contributed by atoms with Crippen LogP contribution in [0.5, 0.6) is 5.75 Å². The fraction of sp³-hybridized carbons (Fsp3) is 0.529. The molecule has 2 nitrogen and oxygen atoms in total. The minimum absolute atomic E-state index is 0.647. The summed E-state index contributed by atoms with van der Waals surface area (Å²) in [5, 5.41) is 0. The van der Waals surface area contributed by atoms with Gasteiger partial charge in [0, 0.05) is 5.56 Å². The Morgan fingerprint density at radius 2 is 2.11 bits per heavy atom. The van der Waals surface area contributed by atoms with Crippen LogP contribution in [0.15, 0.2) is 24.3 Å². The van der Waals surface area contributed by atoms with E-state index in [0.29, 0.717) is 5.92 Å². The highest BCUT2D eigenvalue weighted by molar-refractivity contribution is 5.39. The van der Waals surface area contributed by atoms with Crippen molar-refractivity contribution in [3.63, 3.8) is 0 Å². The number of hydrogen-bond donors (Lipinski definition) is 0. The molecule has 0 saturated heterocycles. The molecule has 104 valence electrons. The minimum Gasteiger partial charge on any atom is -0.493 e. The molecule has 0 radical (unpaired) electrons. The predicted molar refractivity (Wildman–Crippen MR) is 79.1 cm³/mol. The highest BCUT2D eigenvalue weighted by Gasteiger charge is 2.06. The topological polar surface area (TPSA) is 18.5 Å². The second kappa shape index (κ2) is 9.33. The van der Waals surface area contributed by atoms with E-state index >= 15 is 0 Å². The Morgan fingerprint density at radius 3 is 2.79 bits per heavy atom. The third kappa shape index (κ3) is 6.20. The van der Waals surface area contributed by atoms with Gasteiger partial charge in [0.05, 0.1) is 13.7 Å². The fourth-order valence-electron chi connectivity index (χ4n) is 1.89. The van der Waals surface area contributed by atoms with Gasteiger partial charge in [-0.3, -0.25) is 0 Å². The van der Waals surface area contributed by atoms with Crippen LogP contribution in [-0.2, 0) is 4.74 Å². The van der Waals surface area contributed by atoms with Crippen molar-refractivity contribution in [3.05, 3.63) is 29.8 Å². The maximum Gasteiger partial charge on any atom is 0.120 e. The Hall–Kier alpha value is -1.62. The van der Waals surface area contributed by atoms with Gasteiger partial charge < -0.3 is 9.47 Å². The molecule has 0 aliphatic rings. The molecule has 1 unspecified atom stereocenters. The molecule has 0 aliphatic carbocycles. The summed E-state index contributed by atoms with van der Waals surface area (Å²) < 4.78 is 10.6. The molecule has 1 rings (SSSR count). The molecule has 19 heavy (non-hydrogen) atoms. The van der Waals surface area contributed by atoms with Crippen LogP contribution in [0.3, 0.4) is 0 Å². The maximum atomic E-state index is 5.87. The molecule has 0 fully saturated rings. The second-order valence-corrected chi connectivity index (χ2v) is 4.69. The van der Waals surface area contributed by atoms with E-state index in [2.05, 4.69) is 25.9 Å². The summed E-state index contributed by atoms with van der Waals surface area (Å²) >= 11 is 0. The summed E-state index contributed by atoms with van der Waals surface area (Å²) in [5.74, 6) is 4.45. The first-order valence-electron chi connectivity index (χ1n) is 7.07. The van der Waals surface area contributed by atoms with Gasteiger partial charge in [0.15, 0.2) is 0 Å². The van der Waals surface area contributed by atoms with Crippen LogP contribution in [0, 0.1) is 17.9 Å². The number of benzene rings is 1. The molecule has 0 amide bonds. The summed E-state index contributed by atoms with van der Waals surface area (Å²) in [7, 11) is 1.56. The zero-order chi connectivity index (χ0) is 13.9. The SMILES string of the molecule is CCCCC(CC)COc1cccc(C#COC)c1. The first-order valence-corrected chi connectivity index (χ1v) is 7.07. The van der Waals surface area contributed by atoms with Crippen LogP contribution in [-0.4, -0.2) is 13.7 Å². The van der Waals surface area contributed by atoms with Gasteiger partial charge in [-0.15, -0.1) is 0 Å². The number of unbranched alkanes of at least 4 members (excludes halogenated alkanes) is 1. The van der Waals surface area contributed by atoms with Crippen molar-refractivity contribution < 1.29 is 9.47 Å². The van der Waals surface area contributed by atoms with Crippen molar-refractivity contribution in [1.82, 2.24) is 0 Å². The average molecular weight is 260 g/mol. The van der Waals surface area contributed by atoms with Crippen molar-refractivity contribution >= 4 is 0 Å². The molecule has 2 heteroatoms. The maximum absolute atomic E-state index is 5.87. The van der Waals surface area contributed by atoms with Gasteiger partial charge >= 0.3 is 0 Å². The molecular weight excluding hydrogens is 236 g/mol. The number of methoxy groups -OCH3 is 1. The second-order valence-electron chi connectivity index (χ2n) is 4.69. The van der Waals surface area contributed by atoms with Crippen LogP contribution in [0.1, 0.15) is 45.1 Å². The largest absolute Gasteiger partial charge is 0.493 e. The van der Waals surface area contributed by atoms with Crippen molar-refractivity contribution in [2.24, 2.45) is 5.92 Å². The highest BCUT2D eigenvalue weighted by atomic mass is 16.5. The Labute approximate surface area is 117 Å². The average Bonchev–Trinajstić information content (AvgIpc) is 2.46. The van der Waals surface area contributed by atoms with E-state index in [1.807, 2.05) is 24.3 Å². The van der Waals surface area contributed by atoms with E-state index in [9.17, 15) is 0 Å². The summed E-state index contributed by atoms with van der Waals surface area (Å²) in [6, 6.07) is 7.85. The van der Waals surface area contributed by atoms with Crippen molar-refractivity contribution in [2.75, 3.05) is 13.7 Å². The fourth-order valence-corrected chi connectivity index (χ4v) is 1.89. The van der Waals surface area contributed by atoms with Crippen LogP contribution in [0.2, 0.25) is 0 Å². The third-order valence-electron chi connectivity index (χ3n) is 3.16. The molecule has 0 heterocycles. The van der Waals surface area contributed by atoms with Gasteiger partial charge in [-0.25, -0.2) is 0 Å². The van der Waals surface area contributed by atoms with Crippen LogP contribution >= 0.6 is 0 Å². The van der Waals surface area contributed by atoms with E-state index in [-0.39, 0.29) is 0 Å². The lowest BCUT2D eigenvalue weighted by molar-refractivity contribution is 0.233.